The standard InChI is InChI=1S/C14H19F3N2/c1-10-2-3-13(15)11(6-10)7-19-8-12-4-5-18-9-14(12,16)17/h2-3,6,12,18-19H,4-5,7-9H2,1H3. The minimum atomic E-state index is -2.68. The zero-order chi connectivity index (χ0) is 13.9. The van der Waals surface area contributed by atoms with E-state index in [9.17, 15) is 13.2 Å². The van der Waals surface area contributed by atoms with E-state index in [0.29, 0.717) is 18.5 Å². The molecule has 0 saturated carbocycles. The van der Waals surface area contributed by atoms with Crippen molar-refractivity contribution in [2.75, 3.05) is 19.6 Å². The van der Waals surface area contributed by atoms with Crippen molar-refractivity contribution in [2.45, 2.75) is 25.8 Å². The van der Waals surface area contributed by atoms with Gasteiger partial charge >= 0.3 is 0 Å². The van der Waals surface area contributed by atoms with E-state index >= 15 is 0 Å². The van der Waals surface area contributed by atoms with E-state index in [1.54, 1.807) is 12.1 Å². The molecular weight excluding hydrogens is 253 g/mol. The number of hydrogen-bond donors (Lipinski definition) is 2. The molecule has 1 fully saturated rings. The molecule has 2 rings (SSSR count). The van der Waals surface area contributed by atoms with E-state index in [-0.39, 0.29) is 25.5 Å². The monoisotopic (exact) mass is 272 g/mol. The van der Waals surface area contributed by atoms with Crippen molar-refractivity contribution in [1.29, 1.82) is 0 Å². The van der Waals surface area contributed by atoms with E-state index in [1.165, 1.54) is 6.07 Å². The fraction of sp³-hybridized carbons (Fsp3) is 0.571. The number of nitrogens with one attached hydrogen (secondary N) is 2. The average molecular weight is 272 g/mol. The largest absolute Gasteiger partial charge is 0.312 e. The summed E-state index contributed by atoms with van der Waals surface area (Å²) in [5.74, 6) is -3.66. The maximum atomic E-state index is 13.6. The quantitative estimate of drug-likeness (QED) is 0.880. The second-order valence-electron chi connectivity index (χ2n) is 5.15. The predicted octanol–water partition coefficient (Wildman–Crippen LogP) is 2.47. The summed E-state index contributed by atoms with van der Waals surface area (Å²) >= 11 is 0. The van der Waals surface area contributed by atoms with Crippen molar-refractivity contribution >= 4 is 0 Å². The van der Waals surface area contributed by atoms with Crippen LogP contribution in [-0.4, -0.2) is 25.6 Å². The first-order chi connectivity index (χ1) is 8.99. The number of hydrogen-bond acceptors (Lipinski definition) is 2. The maximum absolute atomic E-state index is 13.6. The lowest BCUT2D eigenvalue weighted by atomic mass is 9.94. The van der Waals surface area contributed by atoms with E-state index in [0.717, 1.165) is 5.56 Å². The van der Waals surface area contributed by atoms with Crippen molar-refractivity contribution in [3.63, 3.8) is 0 Å². The Bertz CT molecular complexity index is 435. The first kappa shape index (κ1) is 14.3. The van der Waals surface area contributed by atoms with Gasteiger partial charge in [-0.05, 0) is 26.0 Å². The highest BCUT2D eigenvalue weighted by molar-refractivity contribution is 5.23. The summed E-state index contributed by atoms with van der Waals surface area (Å²) < 4.78 is 40.6. The van der Waals surface area contributed by atoms with Gasteiger partial charge in [-0.2, -0.15) is 0 Å². The molecule has 2 N–H and O–H groups in total. The lowest BCUT2D eigenvalue weighted by Crippen LogP contribution is -2.49. The van der Waals surface area contributed by atoms with E-state index < -0.39 is 11.8 Å². The molecule has 0 amide bonds. The minimum absolute atomic E-state index is 0.210. The van der Waals surface area contributed by atoms with Crippen molar-refractivity contribution in [3.05, 3.63) is 35.1 Å². The molecule has 0 bridgehead atoms. The van der Waals surface area contributed by atoms with Crippen LogP contribution in [0.3, 0.4) is 0 Å². The highest BCUT2D eigenvalue weighted by Gasteiger charge is 2.40. The van der Waals surface area contributed by atoms with Crippen LogP contribution < -0.4 is 10.6 Å². The van der Waals surface area contributed by atoms with Gasteiger partial charge in [-0.1, -0.05) is 17.7 Å². The molecule has 0 radical (unpaired) electrons. The molecule has 1 aliphatic heterocycles. The van der Waals surface area contributed by atoms with E-state index in [4.69, 9.17) is 0 Å². The van der Waals surface area contributed by atoms with Gasteiger partial charge in [0.1, 0.15) is 5.82 Å². The van der Waals surface area contributed by atoms with Crippen LogP contribution in [0.5, 0.6) is 0 Å². The highest BCUT2D eigenvalue weighted by Crippen LogP contribution is 2.28. The Morgan fingerprint density at radius 3 is 2.95 bits per heavy atom. The van der Waals surface area contributed by atoms with Crippen molar-refractivity contribution in [3.8, 4) is 0 Å². The molecule has 1 atom stereocenters. The highest BCUT2D eigenvalue weighted by atomic mass is 19.3. The second kappa shape index (κ2) is 5.92. The Hall–Kier alpha value is -1.07. The zero-order valence-corrected chi connectivity index (χ0v) is 11.0. The lowest BCUT2D eigenvalue weighted by molar-refractivity contribution is -0.0721. The van der Waals surface area contributed by atoms with Crippen molar-refractivity contribution < 1.29 is 13.2 Å². The fourth-order valence-electron chi connectivity index (χ4n) is 2.36. The lowest BCUT2D eigenvalue weighted by Gasteiger charge is -2.32. The third kappa shape index (κ3) is 3.70. The molecule has 1 heterocycles. The number of piperidine rings is 1. The molecule has 1 aromatic carbocycles. The van der Waals surface area contributed by atoms with Gasteiger partial charge in [0.25, 0.3) is 5.92 Å². The first-order valence-electron chi connectivity index (χ1n) is 6.53. The van der Waals surface area contributed by atoms with Crippen molar-refractivity contribution in [1.82, 2.24) is 10.6 Å². The van der Waals surface area contributed by atoms with Crippen LogP contribution in [0.1, 0.15) is 17.5 Å². The Kier molecular flexibility index (Phi) is 4.47. The average Bonchev–Trinajstić information content (AvgIpc) is 2.35. The molecule has 1 aromatic rings. The van der Waals surface area contributed by atoms with Crippen LogP contribution in [0.25, 0.3) is 0 Å². The number of alkyl halides is 2. The normalized spacial score (nSPS) is 22.4. The summed E-state index contributed by atoms with van der Waals surface area (Å²) in [6.45, 7) is 2.72. The first-order valence-corrected chi connectivity index (χ1v) is 6.53. The summed E-state index contributed by atoms with van der Waals surface area (Å²) in [7, 11) is 0. The summed E-state index contributed by atoms with van der Waals surface area (Å²) in [5.41, 5.74) is 1.49. The van der Waals surface area contributed by atoms with E-state index in [1.807, 2.05) is 6.92 Å². The fourth-order valence-corrected chi connectivity index (χ4v) is 2.36. The van der Waals surface area contributed by atoms with Gasteiger partial charge < -0.3 is 10.6 Å². The summed E-state index contributed by atoms with van der Waals surface area (Å²) in [6.07, 6.45) is 0.441. The SMILES string of the molecule is Cc1ccc(F)c(CNCC2CCNCC2(F)F)c1. The Morgan fingerprint density at radius 2 is 2.21 bits per heavy atom. The van der Waals surface area contributed by atoms with Crippen LogP contribution in [0, 0.1) is 18.7 Å². The maximum Gasteiger partial charge on any atom is 0.264 e. The minimum Gasteiger partial charge on any atom is -0.312 e. The van der Waals surface area contributed by atoms with Crippen LogP contribution in [0.4, 0.5) is 13.2 Å². The Labute approximate surface area is 111 Å². The van der Waals surface area contributed by atoms with Crippen molar-refractivity contribution in [2.24, 2.45) is 5.92 Å². The molecule has 1 aliphatic rings. The molecule has 1 saturated heterocycles. The molecule has 19 heavy (non-hydrogen) atoms. The zero-order valence-electron chi connectivity index (χ0n) is 11.0. The van der Waals surface area contributed by atoms with Crippen LogP contribution in [0.2, 0.25) is 0 Å². The van der Waals surface area contributed by atoms with Gasteiger partial charge in [0.05, 0.1) is 6.54 Å². The third-order valence-electron chi connectivity index (χ3n) is 3.53. The molecule has 0 aliphatic carbocycles. The number of halogens is 3. The molecule has 0 aromatic heterocycles. The van der Waals surface area contributed by atoms with Gasteiger partial charge in [-0.3, -0.25) is 0 Å². The van der Waals surface area contributed by atoms with Crippen LogP contribution in [-0.2, 0) is 6.54 Å². The number of benzene rings is 1. The molecule has 1 unspecified atom stereocenters. The Balaban J connectivity index is 1.87. The van der Waals surface area contributed by atoms with Gasteiger partial charge in [-0.15, -0.1) is 0 Å². The van der Waals surface area contributed by atoms with Gasteiger partial charge in [0.15, 0.2) is 0 Å². The number of rotatable bonds is 4. The van der Waals surface area contributed by atoms with Crippen LogP contribution >= 0.6 is 0 Å². The number of aryl methyl sites for hydroxylation is 1. The molecule has 0 spiro atoms. The summed E-state index contributed by atoms with van der Waals surface area (Å²) in [6, 6.07) is 4.84. The molecule has 2 nitrogen and oxygen atoms in total. The molecular formula is C14H19F3N2. The van der Waals surface area contributed by atoms with Gasteiger partial charge in [-0.25, -0.2) is 13.2 Å². The molecule has 106 valence electrons. The van der Waals surface area contributed by atoms with Crippen LogP contribution in [0.15, 0.2) is 18.2 Å². The molecule has 5 heteroatoms. The van der Waals surface area contributed by atoms with Gasteiger partial charge in [0.2, 0.25) is 0 Å². The smallest absolute Gasteiger partial charge is 0.264 e. The summed E-state index contributed by atoms with van der Waals surface area (Å²) in [5, 5.41) is 5.64. The van der Waals surface area contributed by atoms with Gasteiger partial charge in [0, 0.05) is 24.6 Å². The third-order valence-corrected chi connectivity index (χ3v) is 3.53. The topological polar surface area (TPSA) is 24.1 Å². The Morgan fingerprint density at radius 1 is 1.42 bits per heavy atom. The predicted molar refractivity (Wildman–Crippen MR) is 68.8 cm³/mol. The summed E-state index contributed by atoms with van der Waals surface area (Å²) in [4.78, 5) is 0. The second-order valence-corrected chi connectivity index (χ2v) is 5.15. The van der Waals surface area contributed by atoms with E-state index in [2.05, 4.69) is 10.6 Å².